The van der Waals surface area contributed by atoms with Crippen LogP contribution in [0, 0.1) is 5.92 Å². The Kier molecular flexibility index (Phi) is 13.1. The van der Waals surface area contributed by atoms with Gasteiger partial charge in [0.25, 0.3) is 0 Å². The van der Waals surface area contributed by atoms with Crippen LogP contribution >= 0.6 is 0 Å². The van der Waals surface area contributed by atoms with E-state index in [9.17, 15) is 9.59 Å². The van der Waals surface area contributed by atoms with Gasteiger partial charge < -0.3 is 10.1 Å². The molecule has 0 aromatic carbocycles. The van der Waals surface area contributed by atoms with Gasteiger partial charge >= 0.3 is 5.97 Å². The fourth-order valence-electron chi connectivity index (χ4n) is 3.19. The van der Waals surface area contributed by atoms with Crippen LogP contribution in [0.2, 0.25) is 0 Å². The highest BCUT2D eigenvalue weighted by molar-refractivity contribution is 5.86. The molecule has 0 aromatic rings. The predicted molar refractivity (Wildman–Crippen MR) is 116 cm³/mol. The van der Waals surface area contributed by atoms with Crippen molar-refractivity contribution in [2.75, 3.05) is 0 Å². The number of esters is 1. The van der Waals surface area contributed by atoms with Gasteiger partial charge in [-0.2, -0.15) is 0 Å². The molecule has 1 N–H and O–H groups in total. The van der Waals surface area contributed by atoms with Crippen molar-refractivity contribution in [3.8, 4) is 0 Å². The normalized spacial score (nSPS) is 22.5. The molecular formula is C24H39NO3. The van der Waals surface area contributed by atoms with Gasteiger partial charge in [0.15, 0.2) is 0 Å². The summed E-state index contributed by atoms with van der Waals surface area (Å²) in [5.41, 5.74) is 0. The summed E-state index contributed by atoms with van der Waals surface area (Å²) < 4.78 is 5.15. The first-order valence-corrected chi connectivity index (χ1v) is 11.0. The van der Waals surface area contributed by atoms with Crippen molar-refractivity contribution in [2.45, 2.75) is 97.1 Å². The largest absolute Gasteiger partial charge is 0.461 e. The Bertz CT molecular complexity index is 536. The van der Waals surface area contributed by atoms with Crippen LogP contribution in [0.15, 0.2) is 36.5 Å². The molecule has 0 radical (unpaired) electrons. The third kappa shape index (κ3) is 10.5. The molecule has 0 spiro atoms. The Morgan fingerprint density at radius 2 is 1.54 bits per heavy atom. The second kappa shape index (κ2) is 15.1. The monoisotopic (exact) mass is 389 g/mol. The van der Waals surface area contributed by atoms with Gasteiger partial charge in [-0.05, 0) is 45.4 Å². The summed E-state index contributed by atoms with van der Waals surface area (Å²) in [5.74, 6) is -0.299. The molecule has 28 heavy (non-hydrogen) atoms. The highest BCUT2D eigenvalue weighted by Gasteiger charge is 2.40. The number of unbranched alkanes of at least 4 members (excludes halogenated alkanes) is 5. The lowest BCUT2D eigenvalue weighted by Gasteiger charge is -2.14. The third-order valence-corrected chi connectivity index (χ3v) is 5.19. The van der Waals surface area contributed by atoms with Crippen LogP contribution in [-0.2, 0) is 14.3 Å². The Labute approximate surface area is 171 Å². The summed E-state index contributed by atoms with van der Waals surface area (Å²) in [6.45, 7) is 5.96. The first-order valence-electron chi connectivity index (χ1n) is 11.0. The Morgan fingerprint density at radius 3 is 2.18 bits per heavy atom. The summed E-state index contributed by atoms with van der Waals surface area (Å²) in [4.78, 5) is 23.7. The number of ether oxygens (including phenoxy) is 1. The maximum atomic E-state index is 12.0. The maximum Gasteiger partial charge on any atom is 0.329 e. The molecule has 1 aliphatic rings. The summed E-state index contributed by atoms with van der Waals surface area (Å²) in [6, 6.07) is -0.475. The van der Waals surface area contributed by atoms with E-state index >= 15 is 0 Å². The zero-order valence-corrected chi connectivity index (χ0v) is 18.0. The Balaban J connectivity index is 1.95. The van der Waals surface area contributed by atoms with Crippen molar-refractivity contribution in [3.63, 3.8) is 0 Å². The molecule has 1 fully saturated rings. The summed E-state index contributed by atoms with van der Waals surface area (Å²) in [6.07, 6.45) is 23.5. The van der Waals surface area contributed by atoms with Gasteiger partial charge in [-0.1, -0.05) is 69.6 Å². The highest BCUT2D eigenvalue weighted by atomic mass is 16.6. The fraction of sp³-hybridized carbons (Fsp3) is 0.667. The number of hydrogen-bond donors (Lipinski definition) is 1. The van der Waals surface area contributed by atoms with E-state index in [1.165, 1.54) is 12.8 Å². The van der Waals surface area contributed by atoms with Crippen molar-refractivity contribution >= 4 is 11.9 Å². The molecule has 0 bridgehead atoms. The number of allylic oxidation sites excluding steroid dienone is 6. The maximum absolute atomic E-state index is 12.0. The highest BCUT2D eigenvalue weighted by Crippen LogP contribution is 2.21. The molecule has 0 saturated carbocycles. The van der Waals surface area contributed by atoms with Gasteiger partial charge in [0.1, 0.15) is 12.1 Å². The van der Waals surface area contributed by atoms with Crippen molar-refractivity contribution in [3.05, 3.63) is 36.5 Å². The van der Waals surface area contributed by atoms with Crippen molar-refractivity contribution in [2.24, 2.45) is 5.92 Å². The average molecular weight is 390 g/mol. The van der Waals surface area contributed by atoms with Crippen LogP contribution in [0.4, 0.5) is 0 Å². The molecule has 4 nitrogen and oxygen atoms in total. The zero-order valence-electron chi connectivity index (χ0n) is 18.0. The van der Waals surface area contributed by atoms with Gasteiger partial charge in [0, 0.05) is 12.3 Å². The molecule has 0 aliphatic carbocycles. The van der Waals surface area contributed by atoms with Crippen molar-refractivity contribution in [1.82, 2.24) is 5.32 Å². The van der Waals surface area contributed by atoms with E-state index in [1.807, 2.05) is 13.8 Å². The van der Waals surface area contributed by atoms with E-state index in [1.54, 1.807) is 0 Å². The minimum atomic E-state index is -0.475. The molecule has 1 rings (SSSR count). The fourth-order valence-corrected chi connectivity index (χ4v) is 3.19. The first kappa shape index (κ1) is 24.2. The molecule has 1 aliphatic heterocycles. The molecule has 1 heterocycles. The van der Waals surface area contributed by atoms with Crippen LogP contribution in [0.5, 0.6) is 0 Å². The van der Waals surface area contributed by atoms with Gasteiger partial charge in [0.05, 0.1) is 0 Å². The van der Waals surface area contributed by atoms with Crippen LogP contribution in [0.3, 0.4) is 0 Å². The quantitative estimate of drug-likeness (QED) is 0.237. The number of amides is 1. The molecule has 1 saturated heterocycles. The number of hydrogen-bond acceptors (Lipinski definition) is 3. The molecule has 3 atom stereocenters. The lowest BCUT2D eigenvalue weighted by molar-refractivity contribution is -0.143. The molecule has 1 amide bonds. The lowest BCUT2D eigenvalue weighted by atomic mass is 10.00. The standard InChI is InChI=1S/C24H39NO3/c1-4-5-6-7-8-9-10-11-12-13-14-15-16-17-18-19-22(26)25-23-20(2)21(3)28-24(23)27/h5-6,8-9,11-12,20-21,23H,4,7,10,13-19H2,1-3H3,(H,25,26)/b6-5-,9-8-,12-11+/t20-,21-,23+/m1/s1. The molecular weight excluding hydrogens is 350 g/mol. The smallest absolute Gasteiger partial charge is 0.329 e. The van der Waals surface area contributed by atoms with Crippen LogP contribution in [0.25, 0.3) is 0 Å². The topological polar surface area (TPSA) is 55.4 Å². The Hall–Kier alpha value is -1.84. The average Bonchev–Trinajstić information content (AvgIpc) is 2.91. The lowest BCUT2D eigenvalue weighted by Crippen LogP contribution is -2.41. The van der Waals surface area contributed by atoms with Crippen LogP contribution < -0.4 is 5.32 Å². The SMILES string of the molecule is CC/C=C\C/C=C\C/C=C/CCCCCCCC(=O)N[C@@H]1C(=O)O[C@H](C)[C@H]1C. The van der Waals surface area contributed by atoms with E-state index in [2.05, 4.69) is 48.7 Å². The summed E-state index contributed by atoms with van der Waals surface area (Å²) in [7, 11) is 0. The Morgan fingerprint density at radius 1 is 0.929 bits per heavy atom. The van der Waals surface area contributed by atoms with E-state index in [0.717, 1.165) is 44.9 Å². The van der Waals surface area contributed by atoms with Crippen LogP contribution in [-0.4, -0.2) is 24.0 Å². The molecule has 0 aromatic heterocycles. The van der Waals surface area contributed by atoms with Gasteiger partial charge in [-0.3, -0.25) is 4.79 Å². The molecule has 0 unspecified atom stereocenters. The minimum absolute atomic E-state index is 0.0379. The summed E-state index contributed by atoms with van der Waals surface area (Å²) >= 11 is 0. The van der Waals surface area contributed by atoms with E-state index < -0.39 is 6.04 Å². The molecule has 158 valence electrons. The number of cyclic esters (lactones) is 1. The van der Waals surface area contributed by atoms with E-state index in [-0.39, 0.29) is 23.9 Å². The predicted octanol–water partition coefficient (Wildman–Crippen LogP) is 5.64. The second-order valence-electron chi connectivity index (χ2n) is 7.65. The van der Waals surface area contributed by atoms with Crippen molar-refractivity contribution < 1.29 is 14.3 Å². The number of nitrogens with one attached hydrogen (secondary N) is 1. The third-order valence-electron chi connectivity index (χ3n) is 5.19. The first-order chi connectivity index (χ1) is 13.6. The number of carbonyl (C=O) groups is 2. The van der Waals surface area contributed by atoms with E-state index in [4.69, 9.17) is 4.74 Å². The number of carbonyl (C=O) groups excluding carboxylic acids is 2. The van der Waals surface area contributed by atoms with Gasteiger partial charge in [-0.25, -0.2) is 4.79 Å². The molecule has 4 heteroatoms. The van der Waals surface area contributed by atoms with Crippen molar-refractivity contribution in [1.29, 1.82) is 0 Å². The zero-order chi connectivity index (χ0) is 20.6. The van der Waals surface area contributed by atoms with E-state index in [0.29, 0.717) is 6.42 Å². The van der Waals surface area contributed by atoms with Gasteiger partial charge in [-0.15, -0.1) is 0 Å². The van der Waals surface area contributed by atoms with Crippen LogP contribution in [0.1, 0.15) is 85.0 Å². The second-order valence-corrected chi connectivity index (χ2v) is 7.65. The van der Waals surface area contributed by atoms with Gasteiger partial charge in [0.2, 0.25) is 5.91 Å². The number of rotatable bonds is 14. The summed E-state index contributed by atoms with van der Waals surface area (Å²) in [5, 5.41) is 2.83. The minimum Gasteiger partial charge on any atom is -0.461 e.